The van der Waals surface area contributed by atoms with Crippen LogP contribution in [0, 0.1) is 0 Å². The lowest BCUT2D eigenvalue weighted by Gasteiger charge is -2.15. The van der Waals surface area contributed by atoms with E-state index in [1.807, 2.05) is 0 Å². The molecule has 5 nitrogen and oxygen atoms in total. The fourth-order valence-corrected chi connectivity index (χ4v) is 3.00. The molecule has 2 rings (SSSR count). The molecule has 21 heavy (non-hydrogen) atoms. The number of guanidine groups is 1. The maximum atomic E-state index is 5.61. The van der Waals surface area contributed by atoms with Crippen molar-refractivity contribution in [3.8, 4) is 0 Å². The first-order chi connectivity index (χ1) is 10.4. The molecule has 0 radical (unpaired) electrons. The molecule has 2 fully saturated rings. The summed E-state index contributed by atoms with van der Waals surface area (Å²) < 4.78 is 5.61. The number of nitrogens with one attached hydrogen (secondary N) is 2. The van der Waals surface area contributed by atoms with E-state index in [9.17, 15) is 0 Å². The molecule has 0 bridgehead atoms. The van der Waals surface area contributed by atoms with Gasteiger partial charge in [0.15, 0.2) is 5.96 Å². The summed E-state index contributed by atoms with van der Waals surface area (Å²) >= 11 is 0. The van der Waals surface area contributed by atoms with Gasteiger partial charge in [-0.3, -0.25) is 4.99 Å². The molecular formula is C16H32N4O. The maximum absolute atomic E-state index is 5.61. The van der Waals surface area contributed by atoms with E-state index in [0.717, 1.165) is 38.6 Å². The SMILES string of the molecule is CCNC(=NCC1CCCO1)NCCCCN1CCCC1. The zero-order chi connectivity index (χ0) is 14.8. The van der Waals surface area contributed by atoms with E-state index >= 15 is 0 Å². The van der Waals surface area contributed by atoms with Crippen molar-refractivity contribution in [1.82, 2.24) is 15.5 Å². The summed E-state index contributed by atoms with van der Waals surface area (Å²) in [5.74, 6) is 0.939. The number of hydrogen-bond donors (Lipinski definition) is 2. The van der Waals surface area contributed by atoms with E-state index in [0.29, 0.717) is 6.10 Å². The second kappa shape index (κ2) is 10.0. The monoisotopic (exact) mass is 296 g/mol. The summed E-state index contributed by atoms with van der Waals surface area (Å²) in [6.45, 7) is 9.57. The highest BCUT2D eigenvalue weighted by Crippen LogP contribution is 2.11. The van der Waals surface area contributed by atoms with Crippen LogP contribution in [0.1, 0.15) is 45.4 Å². The molecule has 2 N–H and O–H groups in total. The number of unbranched alkanes of at least 4 members (excludes halogenated alkanes) is 1. The standard InChI is InChI=1S/C16H32N4O/c1-2-17-16(19-14-15-8-7-13-21-15)18-9-3-4-10-20-11-5-6-12-20/h15H,2-14H2,1H3,(H2,17,18,19). The molecular weight excluding hydrogens is 264 g/mol. The molecule has 0 aliphatic carbocycles. The first-order valence-electron chi connectivity index (χ1n) is 8.74. The lowest BCUT2D eigenvalue weighted by Crippen LogP contribution is -2.38. The van der Waals surface area contributed by atoms with E-state index in [2.05, 4.69) is 27.4 Å². The highest BCUT2D eigenvalue weighted by Gasteiger charge is 2.14. The molecule has 2 aliphatic heterocycles. The molecule has 0 aromatic heterocycles. The predicted octanol–water partition coefficient (Wildman–Crippen LogP) is 1.60. The van der Waals surface area contributed by atoms with Crippen molar-refractivity contribution in [3.63, 3.8) is 0 Å². The van der Waals surface area contributed by atoms with Crippen LogP contribution in [0.25, 0.3) is 0 Å². The van der Waals surface area contributed by atoms with Crippen molar-refractivity contribution in [2.24, 2.45) is 4.99 Å². The second-order valence-electron chi connectivity index (χ2n) is 6.04. The predicted molar refractivity (Wildman–Crippen MR) is 87.9 cm³/mol. The topological polar surface area (TPSA) is 48.9 Å². The van der Waals surface area contributed by atoms with Gasteiger partial charge in [0.2, 0.25) is 0 Å². The van der Waals surface area contributed by atoms with Crippen LogP contribution in [0.2, 0.25) is 0 Å². The Morgan fingerprint density at radius 1 is 1.19 bits per heavy atom. The first-order valence-corrected chi connectivity index (χ1v) is 8.74. The molecule has 0 amide bonds. The molecule has 1 unspecified atom stereocenters. The van der Waals surface area contributed by atoms with E-state index in [1.54, 1.807) is 0 Å². The van der Waals surface area contributed by atoms with Gasteiger partial charge in [0, 0.05) is 19.7 Å². The van der Waals surface area contributed by atoms with E-state index in [-0.39, 0.29) is 0 Å². The molecule has 0 aromatic carbocycles. The van der Waals surface area contributed by atoms with Gasteiger partial charge in [-0.2, -0.15) is 0 Å². The average molecular weight is 296 g/mol. The van der Waals surface area contributed by atoms with Gasteiger partial charge < -0.3 is 20.3 Å². The summed E-state index contributed by atoms with van der Waals surface area (Å²) in [5, 5.41) is 6.75. The summed E-state index contributed by atoms with van der Waals surface area (Å²) in [6, 6.07) is 0. The molecule has 2 saturated heterocycles. The average Bonchev–Trinajstić information content (AvgIpc) is 3.17. The normalized spacial score (nSPS) is 23.7. The number of nitrogens with zero attached hydrogens (tertiary/aromatic N) is 2. The van der Waals surface area contributed by atoms with E-state index in [4.69, 9.17) is 4.74 Å². The minimum atomic E-state index is 0.329. The fraction of sp³-hybridized carbons (Fsp3) is 0.938. The lowest BCUT2D eigenvalue weighted by atomic mass is 10.2. The molecule has 2 aliphatic rings. The van der Waals surface area contributed by atoms with Crippen LogP contribution in [-0.4, -0.2) is 62.8 Å². The van der Waals surface area contributed by atoms with Crippen molar-refractivity contribution in [2.45, 2.75) is 51.6 Å². The van der Waals surface area contributed by atoms with Gasteiger partial charge in [0.25, 0.3) is 0 Å². The number of aliphatic imine (C=N–C) groups is 1. The number of ether oxygens (including phenoxy) is 1. The third-order valence-electron chi connectivity index (χ3n) is 4.21. The Bertz CT molecular complexity index is 297. The Hall–Kier alpha value is -0.810. The summed E-state index contributed by atoms with van der Waals surface area (Å²) in [7, 11) is 0. The fourth-order valence-electron chi connectivity index (χ4n) is 3.00. The van der Waals surface area contributed by atoms with Gasteiger partial charge >= 0.3 is 0 Å². The highest BCUT2D eigenvalue weighted by molar-refractivity contribution is 5.79. The van der Waals surface area contributed by atoms with Crippen LogP contribution in [0.15, 0.2) is 4.99 Å². The Kier molecular flexibility index (Phi) is 7.89. The van der Waals surface area contributed by atoms with Gasteiger partial charge in [0.1, 0.15) is 0 Å². The highest BCUT2D eigenvalue weighted by atomic mass is 16.5. The third kappa shape index (κ3) is 6.66. The maximum Gasteiger partial charge on any atom is 0.191 e. The zero-order valence-electron chi connectivity index (χ0n) is 13.6. The number of rotatable bonds is 8. The Balaban J connectivity index is 1.56. The molecule has 0 aromatic rings. The van der Waals surface area contributed by atoms with E-state index in [1.165, 1.54) is 51.7 Å². The van der Waals surface area contributed by atoms with Crippen molar-refractivity contribution in [1.29, 1.82) is 0 Å². The molecule has 122 valence electrons. The minimum absolute atomic E-state index is 0.329. The first kappa shape index (κ1) is 16.6. The Morgan fingerprint density at radius 2 is 2.05 bits per heavy atom. The molecule has 1 atom stereocenters. The minimum Gasteiger partial charge on any atom is -0.376 e. The van der Waals surface area contributed by atoms with Crippen molar-refractivity contribution >= 4 is 5.96 Å². The van der Waals surface area contributed by atoms with Crippen molar-refractivity contribution in [3.05, 3.63) is 0 Å². The van der Waals surface area contributed by atoms with Gasteiger partial charge in [-0.1, -0.05) is 0 Å². The van der Waals surface area contributed by atoms with Crippen LogP contribution in [-0.2, 0) is 4.74 Å². The second-order valence-corrected chi connectivity index (χ2v) is 6.04. The van der Waals surface area contributed by atoms with Crippen molar-refractivity contribution in [2.75, 3.05) is 45.9 Å². The molecule has 2 heterocycles. The number of likely N-dealkylation sites (tertiary alicyclic amines) is 1. The smallest absolute Gasteiger partial charge is 0.191 e. The Labute approximate surface area is 129 Å². The van der Waals surface area contributed by atoms with Crippen LogP contribution in [0.3, 0.4) is 0 Å². The lowest BCUT2D eigenvalue weighted by molar-refractivity contribution is 0.117. The van der Waals surface area contributed by atoms with Gasteiger partial charge in [-0.05, 0) is 65.1 Å². The Morgan fingerprint density at radius 3 is 2.76 bits per heavy atom. The van der Waals surface area contributed by atoms with Crippen LogP contribution in [0.4, 0.5) is 0 Å². The molecule has 0 saturated carbocycles. The summed E-state index contributed by atoms with van der Waals surface area (Å²) in [4.78, 5) is 7.21. The van der Waals surface area contributed by atoms with Gasteiger partial charge in [-0.25, -0.2) is 0 Å². The van der Waals surface area contributed by atoms with E-state index < -0.39 is 0 Å². The van der Waals surface area contributed by atoms with Crippen LogP contribution < -0.4 is 10.6 Å². The third-order valence-corrected chi connectivity index (χ3v) is 4.21. The zero-order valence-corrected chi connectivity index (χ0v) is 13.6. The number of hydrogen-bond acceptors (Lipinski definition) is 3. The van der Waals surface area contributed by atoms with Crippen molar-refractivity contribution < 1.29 is 4.74 Å². The van der Waals surface area contributed by atoms with Gasteiger partial charge in [-0.15, -0.1) is 0 Å². The summed E-state index contributed by atoms with van der Waals surface area (Å²) in [6.07, 6.45) is 7.92. The summed E-state index contributed by atoms with van der Waals surface area (Å²) in [5.41, 5.74) is 0. The van der Waals surface area contributed by atoms with Crippen LogP contribution in [0.5, 0.6) is 0 Å². The molecule has 0 spiro atoms. The van der Waals surface area contributed by atoms with Crippen LogP contribution >= 0.6 is 0 Å². The van der Waals surface area contributed by atoms with Gasteiger partial charge in [0.05, 0.1) is 12.6 Å². The molecule has 5 heteroatoms. The quantitative estimate of drug-likeness (QED) is 0.406. The largest absolute Gasteiger partial charge is 0.376 e.